The van der Waals surface area contributed by atoms with Crippen LogP contribution in [0.1, 0.15) is 45.6 Å². The molecule has 6 nitrogen and oxygen atoms in total. The lowest BCUT2D eigenvalue weighted by Gasteiger charge is -2.28. The van der Waals surface area contributed by atoms with Gasteiger partial charge in [0.05, 0.1) is 10.6 Å². The van der Waals surface area contributed by atoms with Gasteiger partial charge >= 0.3 is 12.3 Å². The summed E-state index contributed by atoms with van der Waals surface area (Å²) in [4.78, 5) is 11.7. The van der Waals surface area contributed by atoms with Crippen molar-refractivity contribution in [2.75, 3.05) is 16.2 Å². The molecule has 2 aromatic carbocycles. The molecule has 1 heterocycles. The number of nitrogens with one attached hydrogen (secondary N) is 1. The van der Waals surface area contributed by atoms with E-state index in [0.29, 0.717) is 38.3 Å². The zero-order valence-electron chi connectivity index (χ0n) is 20.0. The molecule has 0 aromatic heterocycles. The third-order valence-electron chi connectivity index (χ3n) is 6.05. The van der Waals surface area contributed by atoms with Crippen LogP contribution in [0.5, 0.6) is 0 Å². The summed E-state index contributed by atoms with van der Waals surface area (Å²) in [6.07, 6.45) is -3.48. The number of sulfonamides is 1. The van der Waals surface area contributed by atoms with Crippen molar-refractivity contribution in [1.82, 2.24) is 0 Å². The highest BCUT2D eigenvalue weighted by molar-refractivity contribution is 7.92. The maximum Gasteiger partial charge on any atom is 0.427 e. The molecule has 1 aliphatic heterocycles. The number of halogens is 5. The van der Waals surface area contributed by atoms with E-state index in [9.17, 15) is 35.2 Å². The fraction of sp³-hybridized carbons (Fsp3) is 0.458. The van der Waals surface area contributed by atoms with Gasteiger partial charge in [0.25, 0.3) is 10.0 Å². The lowest BCUT2D eigenvalue weighted by molar-refractivity contribution is -0.242. The molecule has 12 heteroatoms. The fourth-order valence-electron chi connectivity index (χ4n) is 3.94. The molecule has 0 radical (unpaired) electrons. The number of rotatable bonds is 6. The van der Waals surface area contributed by atoms with Gasteiger partial charge in [-0.25, -0.2) is 22.0 Å². The molecule has 0 saturated carbocycles. The number of carbonyl (C=O) groups is 1. The minimum Gasteiger partial charge on any atom is -0.434 e. The lowest BCUT2D eigenvalue weighted by atomic mass is 9.97. The molecule has 0 fully saturated rings. The predicted molar refractivity (Wildman–Crippen MR) is 124 cm³/mol. The number of fused-ring (bicyclic) bond motifs is 1. The summed E-state index contributed by atoms with van der Waals surface area (Å²) in [6.45, 7) is 3.42. The number of nitrogens with zero attached hydrogens (tertiary/aromatic N) is 1. The largest absolute Gasteiger partial charge is 0.434 e. The number of carbonyl (C=O) groups excluding carboxylic acids is 1. The molecule has 1 unspecified atom stereocenters. The Bertz CT molecular complexity index is 1230. The highest BCUT2D eigenvalue weighted by Gasteiger charge is 2.51. The van der Waals surface area contributed by atoms with E-state index in [1.54, 1.807) is 6.07 Å². The number of amides is 1. The third kappa shape index (κ3) is 5.91. The van der Waals surface area contributed by atoms with Crippen molar-refractivity contribution in [3.8, 4) is 0 Å². The van der Waals surface area contributed by atoms with Gasteiger partial charge in [-0.2, -0.15) is 13.2 Å². The van der Waals surface area contributed by atoms with E-state index < -0.39 is 44.4 Å². The Hall–Kier alpha value is -2.89. The Morgan fingerprint density at radius 3 is 2.42 bits per heavy atom. The molecule has 198 valence electrons. The smallest absolute Gasteiger partial charge is 0.427 e. The number of hydrogen-bond acceptors (Lipinski definition) is 4. The summed E-state index contributed by atoms with van der Waals surface area (Å²) in [6, 6.07) is 6.61. The first kappa shape index (κ1) is 27.7. The van der Waals surface area contributed by atoms with Gasteiger partial charge in [0, 0.05) is 12.2 Å². The Labute approximate surface area is 206 Å². The van der Waals surface area contributed by atoms with Gasteiger partial charge < -0.3 is 4.74 Å². The van der Waals surface area contributed by atoms with Gasteiger partial charge in [-0.3, -0.25) is 9.62 Å². The molecule has 0 bridgehead atoms. The van der Waals surface area contributed by atoms with E-state index in [1.165, 1.54) is 12.1 Å². The van der Waals surface area contributed by atoms with Crippen LogP contribution in [0.15, 0.2) is 41.3 Å². The van der Waals surface area contributed by atoms with Crippen molar-refractivity contribution in [3.63, 3.8) is 0 Å². The van der Waals surface area contributed by atoms with Crippen molar-refractivity contribution in [2.24, 2.45) is 5.92 Å². The van der Waals surface area contributed by atoms with Gasteiger partial charge in [0.1, 0.15) is 0 Å². The molecule has 1 atom stereocenters. The summed E-state index contributed by atoms with van der Waals surface area (Å²) in [5, 5.41) is 2.21. The first-order valence-corrected chi connectivity index (χ1v) is 12.8. The molecule has 2 aromatic rings. The first-order valence-electron chi connectivity index (χ1n) is 11.3. The van der Waals surface area contributed by atoms with Gasteiger partial charge in [-0.1, -0.05) is 19.4 Å². The zero-order chi connectivity index (χ0) is 26.9. The van der Waals surface area contributed by atoms with Crippen molar-refractivity contribution < 1.29 is 39.9 Å². The zero-order valence-corrected chi connectivity index (χ0v) is 20.8. The van der Waals surface area contributed by atoms with Gasteiger partial charge in [0.2, 0.25) is 5.60 Å². The summed E-state index contributed by atoms with van der Waals surface area (Å²) >= 11 is 0. The van der Waals surface area contributed by atoms with E-state index in [1.807, 2.05) is 6.92 Å². The average Bonchev–Trinajstić information content (AvgIpc) is 2.94. The number of benzene rings is 2. The molecule has 36 heavy (non-hydrogen) atoms. The highest BCUT2D eigenvalue weighted by Crippen LogP contribution is 2.37. The quantitative estimate of drug-likeness (QED) is 0.435. The molecule has 1 amide bonds. The Kier molecular flexibility index (Phi) is 7.87. The second kappa shape index (κ2) is 10.2. The molecule has 0 aliphatic carbocycles. The summed E-state index contributed by atoms with van der Waals surface area (Å²) in [5.74, 6) is -2.54. The maximum absolute atomic E-state index is 13.9. The molecule has 0 spiro atoms. The Morgan fingerprint density at radius 1 is 1.11 bits per heavy atom. The van der Waals surface area contributed by atoms with Crippen molar-refractivity contribution in [2.45, 2.75) is 63.1 Å². The van der Waals surface area contributed by atoms with Gasteiger partial charge in [-0.05, 0) is 74.9 Å². The van der Waals surface area contributed by atoms with Crippen LogP contribution in [0.25, 0.3) is 0 Å². The number of ether oxygens (including phenoxy) is 1. The van der Waals surface area contributed by atoms with Crippen LogP contribution in [-0.2, 0) is 21.2 Å². The topological polar surface area (TPSA) is 75.7 Å². The Balaban J connectivity index is 2.00. The van der Waals surface area contributed by atoms with Crippen LogP contribution in [-0.4, -0.2) is 32.8 Å². The van der Waals surface area contributed by atoms with Gasteiger partial charge in [-0.15, -0.1) is 0 Å². The van der Waals surface area contributed by atoms with E-state index in [0.717, 1.165) is 29.3 Å². The maximum atomic E-state index is 13.9. The molecule has 0 saturated heterocycles. The normalized spacial score (nSPS) is 16.8. The van der Waals surface area contributed by atoms with Crippen LogP contribution in [0, 0.1) is 17.6 Å². The molecular weight excluding hydrogens is 507 g/mol. The first-order chi connectivity index (χ1) is 16.7. The van der Waals surface area contributed by atoms with E-state index in [-0.39, 0.29) is 23.8 Å². The van der Waals surface area contributed by atoms with Crippen molar-refractivity contribution in [3.05, 3.63) is 53.6 Å². The number of aryl methyl sites for hydroxylation is 1. The third-order valence-corrected chi connectivity index (χ3v) is 7.83. The van der Waals surface area contributed by atoms with Gasteiger partial charge in [0.15, 0.2) is 11.6 Å². The lowest BCUT2D eigenvalue weighted by Crippen LogP contribution is -2.44. The van der Waals surface area contributed by atoms with E-state index in [4.69, 9.17) is 0 Å². The van der Waals surface area contributed by atoms with Crippen LogP contribution in [0.3, 0.4) is 0 Å². The Morgan fingerprint density at radius 2 is 1.81 bits per heavy atom. The van der Waals surface area contributed by atoms with Crippen LogP contribution >= 0.6 is 0 Å². The van der Waals surface area contributed by atoms with E-state index in [2.05, 4.69) is 10.1 Å². The monoisotopic (exact) mass is 534 g/mol. The summed E-state index contributed by atoms with van der Waals surface area (Å²) in [5.41, 5.74) is -1.94. The molecule has 3 rings (SSSR count). The standard InChI is InChI=1S/C24H27F5N2O4S/c1-4-5-15-6-7-16-8-9-17(30-22(32)35-23(2,3)24(27,28)29)12-21(16)31(14-15)36(33,34)18-10-11-19(25)20(26)13-18/h8-13,15H,4-7,14H2,1-3H3,(H,30,32). The average molecular weight is 535 g/mol. The summed E-state index contributed by atoms with van der Waals surface area (Å²) in [7, 11) is -4.35. The van der Waals surface area contributed by atoms with E-state index >= 15 is 0 Å². The van der Waals surface area contributed by atoms with Crippen LogP contribution < -0.4 is 9.62 Å². The highest BCUT2D eigenvalue weighted by atomic mass is 32.2. The minimum atomic E-state index is -4.80. The molecule has 1 N–H and O–H groups in total. The fourth-order valence-corrected chi connectivity index (χ4v) is 5.52. The van der Waals surface area contributed by atoms with Crippen LogP contribution in [0.4, 0.5) is 38.1 Å². The number of alkyl halides is 3. The SMILES string of the molecule is CCCC1CCc2ccc(NC(=O)OC(C)(C)C(F)(F)F)cc2N(S(=O)(=O)c2ccc(F)c(F)c2)C1. The predicted octanol–water partition coefficient (Wildman–Crippen LogP) is 6.41. The minimum absolute atomic E-state index is 0.0103. The number of hydrogen-bond donors (Lipinski definition) is 1. The van der Waals surface area contributed by atoms with Crippen molar-refractivity contribution >= 4 is 27.5 Å². The van der Waals surface area contributed by atoms with Crippen molar-refractivity contribution in [1.29, 1.82) is 0 Å². The summed E-state index contributed by atoms with van der Waals surface area (Å²) < 4.78 is 99.2. The second-order valence-electron chi connectivity index (χ2n) is 9.17. The molecule has 1 aliphatic rings. The second-order valence-corrected chi connectivity index (χ2v) is 11.0. The van der Waals surface area contributed by atoms with Crippen LogP contribution in [0.2, 0.25) is 0 Å². The molecular formula is C24H27F5N2O4S. The number of anilines is 2.